The van der Waals surface area contributed by atoms with Crippen molar-refractivity contribution in [1.82, 2.24) is 9.80 Å². The first-order valence-electron chi connectivity index (χ1n) is 26.9. The number of carbonyl (C=O) groups is 3. The second-order valence-corrected chi connectivity index (χ2v) is 16.4. The lowest BCUT2D eigenvalue weighted by molar-refractivity contribution is 0.0519. The summed E-state index contributed by atoms with van der Waals surface area (Å²) in [5.41, 5.74) is 0. The van der Waals surface area contributed by atoms with Crippen molar-refractivity contribution in [2.24, 2.45) is 0 Å². The minimum absolute atomic E-state index is 0.267. The normalized spacial score (nSPS) is 10.8. The van der Waals surface area contributed by atoms with E-state index < -0.39 is 18.5 Å². The molecule has 1 N–H and O–H groups in total. The van der Waals surface area contributed by atoms with Crippen LogP contribution in [0.25, 0.3) is 0 Å². The van der Waals surface area contributed by atoms with Crippen LogP contribution in [0, 0.1) is 0 Å². The maximum atomic E-state index is 11.9. The summed E-state index contributed by atoms with van der Waals surface area (Å²) in [6, 6.07) is 0. The van der Waals surface area contributed by atoms with Gasteiger partial charge in [-0.05, 0) is 116 Å². The molecule has 0 saturated carbocycles. The molecule has 0 unspecified atom stereocenters. The van der Waals surface area contributed by atoms with Gasteiger partial charge in [0.1, 0.15) is 0 Å². The molecule has 0 saturated heterocycles. The number of rotatable bonds is 46. The summed E-state index contributed by atoms with van der Waals surface area (Å²) in [6.07, 6.45) is 28.9. The van der Waals surface area contributed by atoms with E-state index >= 15 is 0 Å². The van der Waals surface area contributed by atoms with Crippen LogP contribution in [0.5, 0.6) is 0 Å². The van der Waals surface area contributed by atoms with Crippen LogP contribution < -0.4 is 0 Å². The van der Waals surface area contributed by atoms with E-state index in [2.05, 4.69) is 30.6 Å². The summed E-state index contributed by atoms with van der Waals surface area (Å²) in [7, 11) is 0. The Balaban J connectivity index is -0.00000902. The lowest BCUT2D eigenvalue weighted by atomic mass is 10.1. The average Bonchev–Trinajstić information content (AvgIpc) is 3.31. The molecule has 0 bridgehead atoms. The van der Waals surface area contributed by atoms with Gasteiger partial charge in [0.2, 0.25) is 0 Å². The van der Waals surface area contributed by atoms with E-state index in [1.807, 2.05) is 27.7 Å². The minimum atomic E-state index is -0.543. The molecular formula is C52H106N2O10. The number of hydrogen-bond donors (Lipinski definition) is 1. The zero-order valence-electron chi connectivity index (χ0n) is 43.2. The van der Waals surface area contributed by atoms with Crippen molar-refractivity contribution in [3.05, 3.63) is 0 Å². The van der Waals surface area contributed by atoms with Crippen LogP contribution in [0.1, 0.15) is 235 Å². The van der Waals surface area contributed by atoms with E-state index in [1.165, 1.54) is 0 Å². The molecular weight excluding hydrogens is 813 g/mol. The Bertz CT molecular complexity index is 889. The van der Waals surface area contributed by atoms with Crippen molar-refractivity contribution in [2.45, 2.75) is 235 Å². The van der Waals surface area contributed by atoms with Crippen molar-refractivity contribution in [3.8, 4) is 0 Å². The predicted molar refractivity (Wildman–Crippen MR) is 265 cm³/mol. The van der Waals surface area contributed by atoms with E-state index in [-0.39, 0.29) is 6.61 Å². The van der Waals surface area contributed by atoms with Crippen LogP contribution in [-0.4, -0.2) is 119 Å². The van der Waals surface area contributed by atoms with Gasteiger partial charge in [-0.3, -0.25) is 0 Å². The van der Waals surface area contributed by atoms with E-state index in [4.69, 9.17) is 28.4 Å². The monoisotopic (exact) mass is 919 g/mol. The number of aliphatic hydroxyl groups excluding tert-OH is 1. The third-order valence-corrected chi connectivity index (χ3v) is 10.8. The minimum Gasteiger partial charge on any atom is -0.434 e. The van der Waals surface area contributed by atoms with Crippen molar-refractivity contribution in [2.75, 3.05) is 85.5 Å². The first kappa shape index (κ1) is 66.0. The number of carbonyl (C=O) groups excluding carboxylic acids is 3. The highest BCUT2D eigenvalue weighted by molar-refractivity contribution is 5.60. The molecule has 0 aliphatic rings. The number of hydrogen-bond acceptors (Lipinski definition) is 12. The number of aliphatic hydroxyl groups is 1. The molecule has 0 amide bonds. The lowest BCUT2D eigenvalue weighted by Crippen LogP contribution is -2.32. The fourth-order valence-electron chi connectivity index (χ4n) is 7.01. The van der Waals surface area contributed by atoms with Gasteiger partial charge in [-0.1, -0.05) is 158 Å². The first-order valence-corrected chi connectivity index (χ1v) is 26.9. The van der Waals surface area contributed by atoms with Gasteiger partial charge in [-0.2, -0.15) is 0 Å². The Hall–Kier alpha value is -2.31. The van der Waals surface area contributed by atoms with Gasteiger partial charge < -0.3 is 43.3 Å². The number of nitrogens with zero attached hydrogens (tertiary/aromatic N) is 2. The topological polar surface area (TPSA) is 133 Å². The van der Waals surface area contributed by atoms with E-state index in [9.17, 15) is 19.5 Å². The first-order chi connectivity index (χ1) is 31.5. The van der Waals surface area contributed by atoms with Gasteiger partial charge in [0.05, 0.1) is 39.6 Å². The van der Waals surface area contributed by atoms with Crippen molar-refractivity contribution >= 4 is 18.5 Å². The lowest BCUT2D eigenvalue weighted by Gasteiger charge is -2.26. The third kappa shape index (κ3) is 54.0. The zero-order valence-corrected chi connectivity index (χ0v) is 43.2. The molecule has 0 aliphatic carbocycles. The van der Waals surface area contributed by atoms with Gasteiger partial charge in [0.25, 0.3) is 0 Å². The fraction of sp³-hybridized carbons (Fsp3) is 0.942. The molecule has 0 radical (unpaired) electrons. The van der Waals surface area contributed by atoms with Gasteiger partial charge in [0, 0.05) is 6.61 Å². The molecule has 64 heavy (non-hydrogen) atoms. The molecule has 12 nitrogen and oxygen atoms in total. The summed E-state index contributed by atoms with van der Waals surface area (Å²) in [6.45, 7) is 23.7. The Labute approximate surface area is 395 Å². The van der Waals surface area contributed by atoms with Crippen LogP contribution in [-0.2, 0) is 28.4 Å². The second-order valence-electron chi connectivity index (χ2n) is 16.4. The summed E-state index contributed by atoms with van der Waals surface area (Å²) < 4.78 is 31.3. The molecule has 384 valence electrons. The molecule has 0 spiro atoms. The van der Waals surface area contributed by atoms with Crippen molar-refractivity contribution in [3.63, 3.8) is 0 Å². The van der Waals surface area contributed by atoms with Crippen LogP contribution in [0.4, 0.5) is 14.4 Å². The SMILES string of the molecule is CC.CC.CCCCCCOC(=O)OCCCCCCN(CCCCCCO)CCCN(CCCCCCOC(=O)OCCCCCC)CCCCCCOC(=O)OCCCCCC. The quantitative estimate of drug-likeness (QED) is 0.0354. The van der Waals surface area contributed by atoms with E-state index in [0.717, 1.165) is 225 Å². The summed E-state index contributed by atoms with van der Waals surface area (Å²) in [5, 5.41) is 9.21. The smallest absolute Gasteiger partial charge is 0.434 e. The van der Waals surface area contributed by atoms with E-state index in [0.29, 0.717) is 39.6 Å². The van der Waals surface area contributed by atoms with Crippen LogP contribution >= 0.6 is 0 Å². The second kappa shape index (κ2) is 58.7. The molecule has 0 atom stereocenters. The molecule has 0 heterocycles. The number of ether oxygens (including phenoxy) is 6. The highest BCUT2D eigenvalue weighted by Crippen LogP contribution is 2.11. The average molecular weight is 919 g/mol. The van der Waals surface area contributed by atoms with Gasteiger partial charge in [0.15, 0.2) is 0 Å². The third-order valence-electron chi connectivity index (χ3n) is 10.8. The molecule has 0 aromatic carbocycles. The molecule has 0 fully saturated rings. The van der Waals surface area contributed by atoms with E-state index in [1.54, 1.807) is 0 Å². The standard InChI is InChI=1S/C48H94N2O10.2C2H6/c1-4-7-10-26-40-55-46(52)58-43-29-18-14-22-34-49(33-21-13-17-25-39-51)37-32-38-50(35-23-15-19-30-44-59-47(53)56-41-27-11-8-5-2)36-24-16-20-31-45-60-48(54)57-42-28-12-9-6-3;2*1-2/h51H,4-45H2,1-3H3;2*1-2H3. The van der Waals surface area contributed by atoms with Gasteiger partial charge in [-0.15, -0.1) is 0 Å². The van der Waals surface area contributed by atoms with Gasteiger partial charge in [-0.25, -0.2) is 14.4 Å². The Morgan fingerprint density at radius 3 is 0.734 bits per heavy atom. The van der Waals surface area contributed by atoms with Crippen LogP contribution in [0.3, 0.4) is 0 Å². The van der Waals surface area contributed by atoms with Crippen molar-refractivity contribution < 1.29 is 47.9 Å². The summed E-state index contributed by atoms with van der Waals surface area (Å²) in [4.78, 5) is 40.8. The summed E-state index contributed by atoms with van der Waals surface area (Å²) in [5.74, 6) is 0. The molecule has 12 heteroatoms. The Morgan fingerprint density at radius 1 is 0.297 bits per heavy atom. The fourth-order valence-corrected chi connectivity index (χ4v) is 7.01. The molecule has 0 aromatic heterocycles. The largest absolute Gasteiger partial charge is 0.508 e. The zero-order chi connectivity index (χ0) is 47.8. The number of unbranched alkanes of at least 4 members (excludes halogenated alkanes) is 21. The van der Waals surface area contributed by atoms with Crippen LogP contribution in [0.2, 0.25) is 0 Å². The Kier molecular flexibility index (Phi) is 60.5. The molecule has 0 rings (SSSR count). The summed E-state index contributed by atoms with van der Waals surface area (Å²) >= 11 is 0. The molecule has 0 aromatic rings. The highest BCUT2D eigenvalue weighted by Gasteiger charge is 2.11. The maximum Gasteiger partial charge on any atom is 0.508 e. The van der Waals surface area contributed by atoms with Crippen molar-refractivity contribution in [1.29, 1.82) is 0 Å². The molecule has 0 aliphatic heterocycles. The maximum absolute atomic E-state index is 11.9. The predicted octanol–water partition coefficient (Wildman–Crippen LogP) is 14.5. The highest BCUT2D eigenvalue weighted by atomic mass is 16.7. The van der Waals surface area contributed by atoms with Crippen LogP contribution in [0.15, 0.2) is 0 Å². The van der Waals surface area contributed by atoms with Gasteiger partial charge >= 0.3 is 18.5 Å². The Morgan fingerprint density at radius 2 is 0.500 bits per heavy atom.